The van der Waals surface area contributed by atoms with E-state index in [1.807, 2.05) is 0 Å². The van der Waals surface area contributed by atoms with E-state index in [-0.39, 0.29) is 5.56 Å². The molecule has 18 heavy (non-hydrogen) atoms. The van der Waals surface area contributed by atoms with Crippen LogP contribution in [0.25, 0.3) is 5.52 Å². The molecule has 0 atom stereocenters. The maximum Gasteiger partial charge on any atom is 0.339 e. The second-order valence-electron chi connectivity index (χ2n) is 4.04. The number of nitrogens with zero attached hydrogens (tertiary/aromatic N) is 4. The number of ether oxygens (including phenoxy) is 1. The first-order valence-corrected chi connectivity index (χ1v) is 5.65. The summed E-state index contributed by atoms with van der Waals surface area (Å²) in [6, 6.07) is 0. The molecule has 0 aliphatic carbocycles. The lowest BCUT2D eigenvalue weighted by Crippen LogP contribution is -2.36. The number of morpholine rings is 1. The molecule has 0 aromatic carbocycles. The van der Waals surface area contributed by atoms with E-state index in [9.17, 15) is 4.79 Å². The number of anilines is 1. The molecule has 1 fully saturated rings. The summed E-state index contributed by atoms with van der Waals surface area (Å²) >= 11 is 0. The summed E-state index contributed by atoms with van der Waals surface area (Å²) in [6.07, 6.45) is 4.62. The summed E-state index contributed by atoms with van der Waals surface area (Å²) in [6.45, 7) is 2.93. The van der Waals surface area contributed by atoms with Gasteiger partial charge in [0.2, 0.25) is 0 Å². The minimum absolute atomic E-state index is 0.163. The molecule has 2 aromatic rings. The molecule has 3 rings (SSSR count). The summed E-state index contributed by atoms with van der Waals surface area (Å²) in [5.74, 6) is -0.211. The molecular formula is C11H12N4O3. The second-order valence-corrected chi connectivity index (χ2v) is 4.04. The lowest BCUT2D eigenvalue weighted by Gasteiger charge is -2.27. The molecule has 3 heterocycles. The number of fused-ring (bicyclic) bond motifs is 1. The minimum Gasteiger partial charge on any atom is -0.478 e. The maximum atomic E-state index is 11.0. The number of hydrogen-bond acceptors (Lipinski definition) is 5. The van der Waals surface area contributed by atoms with Gasteiger partial charge in [0, 0.05) is 13.1 Å². The number of rotatable bonds is 2. The number of hydrogen-bond donors (Lipinski definition) is 1. The van der Waals surface area contributed by atoms with Crippen molar-refractivity contribution in [3.63, 3.8) is 0 Å². The number of aromatic nitrogens is 3. The quantitative estimate of drug-likeness (QED) is 0.821. The third-order valence-corrected chi connectivity index (χ3v) is 2.96. The Labute approximate surface area is 103 Å². The van der Waals surface area contributed by atoms with E-state index >= 15 is 0 Å². The molecule has 2 aromatic heterocycles. The molecule has 0 saturated carbocycles. The van der Waals surface area contributed by atoms with E-state index in [0.717, 1.165) is 18.9 Å². The first kappa shape index (κ1) is 11.0. The second kappa shape index (κ2) is 4.26. The van der Waals surface area contributed by atoms with Crippen molar-refractivity contribution in [2.45, 2.75) is 0 Å². The average molecular weight is 248 g/mol. The van der Waals surface area contributed by atoms with Crippen molar-refractivity contribution < 1.29 is 14.6 Å². The van der Waals surface area contributed by atoms with Crippen LogP contribution in [-0.4, -0.2) is 52.0 Å². The van der Waals surface area contributed by atoms with Gasteiger partial charge in [-0.3, -0.25) is 0 Å². The van der Waals surface area contributed by atoms with Crippen LogP contribution in [0.2, 0.25) is 0 Å². The Kier molecular flexibility index (Phi) is 2.60. The molecule has 1 aliphatic rings. The van der Waals surface area contributed by atoms with Gasteiger partial charge in [-0.05, 0) is 0 Å². The highest BCUT2D eigenvalue weighted by Gasteiger charge is 2.15. The highest BCUT2D eigenvalue weighted by atomic mass is 16.5. The van der Waals surface area contributed by atoms with Gasteiger partial charge in [0.1, 0.15) is 11.4 Å². The summed E-state index contributed by atoms with van der Waals surface area (Å²) in [7, 11) is 0. The van der Waals surface area contributed by atoms with E-state index < -0.39 is 5.97 Å². The van der Waals surface area contributed by atoms with Gasteiger partial charge in [0.15, 0.2) is 0 Å². The van der Waals surface area contributed by atoms with E-state index in [2.05, 4.69) is 15.0 Å². The fourth-order valence-corrected chi connectivity index (χ4v) is 1.99. The Balaban J connectivity index is 1.98. The van der Waals surface area contributed by atoms with Crippen molar-refractivity contribution in [1.29, 1.82) is 0 Å². The van der Waals surface area contributed by atoms with E-state index in [1.54, 1.807) is 16.9 Å². The van der Waals surface area contributed by atoms with Crippen molar-refractivity contribution in [2.75, 3.05) is 31.2 Å². The van der Waals surface area contributed by atoms with Gasteiger partial charge < -0.3 is 14.7 Å². The third-order valence-electron chi connectivity index (χ3n) is 2.96. The first-order valence-electron chi connectivity index (χ1n) is 5.65. The molecule has 1 saturated heterocycles. The van der Waals surface area contributed by atoms with Crippen LogP contribution in [-0.2, 0) is 4.74 Å². The van der Waals surface area contributed by atoms with Gasteiger partial charge in [-0.15, -0.1) is 0 Å². The molecule has 7 nitrogen and oxygen atoms in total. The number of carboxylic acids is 1. The molecule has 0 amide bonds. The summed E-state index contributed by atoms with van der Waals surface area (Å²) < 4.78 is 6.82. The lowest BCUT2D eigenvalue weighted by molar-refractivity contribution is 0.0699. The molecule has 7 heteroatoms. The Morgan fingerprint density at radius 1 is 1.33 bits per heavy atom. The van der Waals surface area contributed by atoms with Crippen molar-refractivity contribution in [3.05, 3.63) is 24.2 Å². The van der Waals surface area contributed by atoms with Crippen LogP contribution in [0.5, 0.6) is 0 Å². The highest BCUT2D eigenvalue weighted by molar-refractivity contribution is 5.95. The van der Waals surface area contributed by atoms with Crippen molar-refractivity contribution >= 4 is 17.3 Å². The predicted molar refractivity (Wildman–Crippen MR) is 63.0 cm³/mol. The van der Waals surface area contributed by atoms with Gasteiger partial charge in [0.05, 0.1) is 37.3 Å². The highest BCUT2D eigenvalue weighted by Crippen LogP contribution is 2.16. The number of carbonyl (C=O) groups is 1. The lowest BCUT2D eigenvalue weighted by atomic mass is 10.3. The Morgan fingerprint density at radius 3 is 2.83 bits per heavy atom. The fraction of sp³-hybridized carbons (Fsp3) is 0.364. The van der Waals surface area contributed by atoms with Crippen molar-refractivity contribution in [2.24, 2.45) is 0 Å². The third kappa shape index (κ3) is 1.78. The zero-order valence-electron chi connectivity index (χ0n) is 9.61. The Morgan fingerprint density at radius 2 is 2.11 bits per heavy atom. The van der Waals surface area contributed by atoms with Crippen LogP contribution in [0.3, 0.4) is 0 Å². The zero-order chi connectivity index (χ0) is 12.5. The molecular weight excluding hydrogens is 236 g/mol. The molecule has 0 unspecified atom stereocenters. The van der Waals surface area contributed by atoms with E-state index in [4.69, 9.17) is 9.84 Å². The minimum atomic E-state index is -0.995. The van der Waals surface area contributed by atoms with Gasteiger partial charge >= 0.3 is 5.97 Å². The van der Waals surface area contributed by atoms with Crippen LogP contribution >= 0.6 is 0 Å². The first-order chi connectivity index (χ1) is 8.75. The summed E-state index contributed by atoms with van der Waals surface area (Å²) in [5, 5.41) is 13.0. The number of aromatic carboxylic acids is 1. The fourth-order valence-electron chi connectivity index (χ4n) is 1.99. The monoisotopic (exact) mass is 248 g/mol. The van der Waals surface area contributed by atoms with Gasteiger partial charge in [-0.1, -0.05) is 0 Å². The molecule has 1 N–H and O–H groups in total. The molecule has 0 bridgehead atoms. The van der Waals surface area contributed by atoms with Crippen LogP contribution in [0.4, 0.5) is 5.82 Å². The van der Waals surface area contributed by atoms with Gasteiger partial charge in [-0.25, -0.2) is 14.3 Å². The molecule has 94 valence electrons. The largest absolute Gasteiger partial charge is 0.478 e. The van der Waals surface area contributed by atoms with E-state index in [0.29, 0.717) is 18.7 Å². The summed E-state index contributed by atoms with van der Waals surface area (Å²) in [5.41, 5.74) is 0.663. The molecule has 0 spiro atoms. The number of carboxylic acid groups (broad SMARTS) is 1. The van der Waals surface area contributed by atoms with Gasteiger partial charge in [0.25, 0.3) is 0 Å². The van der Waals surface area contributed by atoms with Crippen molar-refractivity contribution in [3.8, 4) is 0 Å². The van der Waals surface area contributed by atoms with Crippen LogP contribution in [0.1, 0.15) is 10.4 Å². The molecule has 0 radical (unpaired) electrons. The topological polar surface area (TPSA) is 80.0 Å². The van der Waals surface area contributed by atoms with Crippen molar-refractivity contribution in [1.82, 2.24) is 14.6 Å². The zero-order valence-corrected chi connectivity index (χ0v) is 9.61. The van der Waals surface area contributed by atoms with Crippen LogP contribution < -0.4 is 4.90 Å². The SMILES string of the molecule is O=C(O)c1cnn2cc(N3CCOCC3)ncc12. The smallest absolute Gasteiger partial charge is 0.339 e. The Hall–Kier alpha value is -2.15. The normalized spacial score (nSPS) is 16.1. The van der Waals surface area contributed by atoms with Crippen LogP contribution in [0.15, 0.2) is 18.6 Å². The standard InChI is InChI=1S/C11H12N4O3/c16-11(17)8-5-13-15-7-10(12-6-9(8)15)14-1-3-18-4-2-14/h5-7H,1-4H2,(H,16,17). The predicted octanol–water partition coefficient (Wildman–Crippen LogP) is 0.264. The molecule has 1 aliphatic heterocycles. The van der Waals surface area contributed by atoms with E-state index in [1.165, 1.54) is 6.20 Å². The van der Waals surface area contributed by atoms with Gasteiger partial charge in [-0.2, -0.15) is 5.10 Å². The maximum absolute atomic E-state index is 11.0. The average Bonchev–Trinajstić information content (AvgIpc) is 2.82. The summed E-state index contributed by atoms with van der Waals surface area (Å²) in [4.78, 5) is 17.3. The Bertz CT molecular complexity index is 589. The van der Waals surface area contributed by atoms with Crippen LogP contribution in [0, 0.1) is 0 Å².